The maximum absolute atomic E-state index is 11.2. The monoisotopic (exact) mass is 361 g/mol. The zero-order chi connectivity index (χ0) is 19.0. The summed E-state index contributed by atoms with van der Waals surface area (Å²) in [5.74, 6) is -0.167. The summed E-state index contributed by atoms with van der Waals surface area (Å²) in [6, 6.07) is 18.4. The Morgan fingerprint density at radius 2 is 1.30 bits per heavy atom. The van der Waals surface area contributed by atoms with Crippen LogP contribution in [0.5, 0.6) is 5.75 Å². The Morgan fingerprint density at radius 1 is 0.741 bits per heavy atom. The summed E-state index contributed by atoms with van der Waals surface area (Å²) in [6.07, 6.45) is 0. The van der Waals surface area contributed by atoms with E-state index in [-0.39, 0.29) is 5.75 Å². The van der Waals surface area contributed by atoms with Crippen molar-refractivity contribution in [1.29, 1.82) is 0 Å². The number of non-ortho nitro benzene ring substituents is 1. The van der Waals surface area contributed by atoms with Crippen molar-refractivity contribution in [2.45, 2.75) is 0 Å². The highest BCUT2D eigenvalue weighted by Gasteiger charge is 2.26. The van der Waals surface area contributed by atoms with Crippen LogP contribution in [0, 0.1) is 20.2 Å². The zero-order valence-corrected chi connectivity index (χ0v) is 13.7. The van der Waals surface area contributed by atoms with E-state index in [0.717, 1.165) is 34.4 Å². The van der Waals surface area contributed by atoms with Crippen LogP contribution in [0.25, 0.3) is 11.1 Å². The van der Waals surface area contributed by atoms with Crippen molar-refractivity contribution in [2.75, 3.05) is 0 Å². The van der Waals surface area contributed by atoms with E-state index in [4.69, 9.17) is 4.84 Å². The smallest absolute Gasteiger partial charge is 0.321 e. The lowest BCUT2D eigenvalue weighted by Crippen LogP contribution is -2.02. The third kappa shape index (κ3) is 2.78. The van der Waals surface area contributed by atoms with Crippen molar-refractivity contribution in [2.24, 2.45) is 5.16 Å². The minimum atomic E-state index is -0.737. The summed E-state index contributed by atoms with van der Waals surface area (Å²) < 4.78 is 0. The number of hydrogen-bond donors (Lipinski definition) is 0. The minimum Gasteiger partial charge on any atom is -0.349 e. The maximum atomic E-state index is 11.2. The van der Waals surface area contributed by atoms with E-state index in [9.17, 15) is 20.2 Å². The van der Waals surface area contributed by atoms with E-state index in [0.29, 0.717) is 5.71 Å². The molecule has 8 heteroatoms. The highest BCUT2D eigenvalue weighted by molar-refractivity contribution is 6.24. The van der Waals surface area contributed by atoms with Crippen LogP contribution in [0.1, 0.15) is 11.1 Å². The van der Waals surface area contributed by atoms with Crippen LogP contribution in [-0.4, -0.2) is 15.6 Å². The van der Waals surface area contributed by atoms with Crippen molar-refractivity contribution in [3.63, 3.8) is 0 Å². The molecule has 0 heterocycles. The molecule has 4 rings (SSSR count). The number of nitrogens with zero attached hydrogens (tertiary/aromatic N) is 3. The van der Waals surface area contributed by atoms with Crippen LogP contribution < -0.4 is 4.84 Å². The molecular weight excluding hydrogens is 350 g/mol. The van der Waals surface area contributed by atoms with Gasteiger partial charge in [0.1, 0.15) is 5.71 Å². The molecule has 0 spiro atoms. The van der Waals surface area contributed by atoms with Gasteiger partial charge in [0.15, 0.2) is 0 Å². The van der Waals surface area contributed by atoms with Crippen molar-refractivity contribution in [3.05, 3.63) is 98.1 Å². The lowest BCUT2D eigenvalue weighted by molar-refractivity contribution is -0.394. The van der Waals surface area contributed by atoms with E-state index >= 15 is 0 Å². The number of nitro groups is 2. The Hall–Kier alpha value is -4.07. The molecule has 3 aromatic carbocycles. The van der Waals surface area contributed by atoms with Crippen LogP contribution >= 0.6 is 0 Å². The summed E-state index contributed by atoms with van der Waals surface area (Å²) in [6.45, 7) is 0. The molecule has 8 nitrogen and oxygen atoms in total. The standard InChI is InChI=1S/C19H11N3O5/c23-21(24)12-9-10-18(17(11-12)22(25)26)27-20-19-15-7-3-1-5-13(15)14-6-2-4-8-16(14)19/h1-11H. The highest BCUT2D eigenvalue weighted by atomic mass is 16.7. The molecule has 0 N–H and O–H groups in total. The van der Waals surface area contributed by atoms with Gasteiger partial charge in [-0.25, -0.2) is 0 Å². The Labute approximate surface area is 152 Å². The van der Waals surface area contributed by atoms with E-state index in [1.165, 1.54) is 6.07 Å². The summed E-state index contributed by atoms with van der Waals surface area (Å²) in [4.78, 5) is 26.0. The summed E-state index contributed by atoms with van der Waals surface area (Å²) in [5, 5.41) is 26.2. The third-order valence-corrected chi connectivity index (χ3v) is 4.24. The van der Waals surface area contributed by atoms with E-state index in [2.05, 4.69) is 5.16 Å². The van der Waals surface area contributed by atoms with Crippen molar-refractivity contribution in [3.8, 4) is 16.9 Å². The van der Waals surface area contributed by atoms with Gasteiger partial charge in [-0.05, 0) is 17.2 Å². The minimum absolute atomic E-state index is 0.167. The fourth-order valence-corrected chi connectivity index (χ4v) is 3.03. The predicted molar refractivity (Wildman–Crippen MR) is 97.9 cm³/mol. The number of nitro benzene ring substituents is 2. The maximum Gasteiger partial charge on any atom is 0.321 e. The Morgan fingerprint density at radius 3 is 1.81 bits per heavy atom. The molecule has 0 saturated heterocycles. The van der Waals surface area contributed by atoms with Crippen LogP contribution in [0.3, 0.4) is 0 Å². The van der Waals surface area contributed by atoms with Crippen molar-refractivity contribution >= 4 is 17.1 Å². The first kappa shape index (κ1) is 16.4. The quantitative estimate of drug-likeness (QED) is 0.397. The van der Waals surface area contributed by atoms with Gasteiger partial charge in [-0.1, -0.05) is 53.7 Å². The second kappa shape index (κ2) is 6.34. The van der Waals surface area contributed by atoms with Crippen molar-refractivity contribution in [1.82, 2.24) is 0 Å². The van der Waals surface area contributed by atoms with Crippen LogP contribution in [0.2, 0.25) is 0 Å². The molecule has 0 aliphatic heterocycles. The van der Waals surface area contributed by atoms with Gasteiger partial charge in [0, 0.05) is 17.2 Å². The average molecular weight is 361 g/mol. The molecule has 0 radical (unpaired) electrons. The molecule has 3 aromatic rings. The molecule has 0 atom stereocenters. The summed E-state index contributed by atoms with van der Waals surface area (Å²) >= 11 is 0. The van der Waals surface area contributed by atoms with Gasteiger partial charge in [-0.15, -0.1) is 0 Å². The molecular formula is C19H11N3O5. The second-order valence-electron chi connectivity index (χ2n) is 5.79. The number of benzene rings is 3. The van der Waals surface area contributed by atoms with E-state index < -0.39 is 21.2 Å². The number of fused-ring (bicyclic) bond motifs is 3. The Bertz CT molecular complexity index is 1080. The second-order valence-corrected chi connectivity index (χ2v) is 5.79. The summed E-state index contributed by atoms with van der Waals surface area (Å²) in [5.41, 5.74) is 3.33. The molecule has 132 valence electrons. The largest absolute Gasteiger partial charge is 0.349 e. The lowest BCUT2D eigenvalue weighted by Gasteiger charge is -2.03. The first-order chi connectivity index (χ1) is 13.1. The first-order valence-electron chi connectivity index (χ1n) is 7.93. The van der Waals surface area contributed by atoms with Crippen LogP contribution in [0.4, 0.5) is 11.4 Å². The molecule has 1 aliphatic rings. The van der Waals surface area contributed by atoms with Crippen LogP contribution in [-0.2, 0) is 0 Å². The highest BCUT2D eigenvalue weighted by Crippen LogP contribution is 2.37. The van der Waals surface area contributed by atoms with Gasteiger partial charge in [0.25, 0.3) is 5.69 Å². The number of rotatable bonds is 4. The van der Waals surface area contributed by atoms with Gasteiger partial charge in [0.05, 0.1) is 15.9 Å². The Kier molecular flexibility index (Phi) is 3.85. The lowest BCUT2D eigenvalue weighted by atomic mass is 10.1. The molecule has 0 amide bonds. The average Bonchev–Trinajstić information content (AvgIpc) is 3.00. The normalized spacial score (nSPS) is 11.5. The van der Waals surface area contributed by atoms with Gasteiger partial charge in [-0.3, -0.25) is 20.2 Å². The summed E-state index contributed by atoms with van der Waals surface area (Å²) in [7, 11) is 0. The third-order valence-electron chi connectivity index (χ3n) is 4.24. The van der Waals surface area contributed by atoms with E-state index in [1.54, 1.807) is 0 Å². The van der Waals surface area contributed by atoms with Crippen LogP contribution in [0.15, 0.2) is 71.9 Å². The molecule has 1 aliphatic carbocycles. The molecule has 27 heavy (non-hydrogen) atoms. The SMILES string of the molecule is O=[N+]([O-])c1ccc(ON=C2c3ccccc3-c3ccccc32)c([N+](=O)[O-])c1. The zero-order valence-electron chi connectivity index (χ0n) is 13.7. The van der Waals surface area contributed by atoms with Gasteiger partial charge < -0.3 is 4.84 Å². The molecule has 0 saturated carbocycles. The fourth-order valence-electron chi connectivity index (χ4n) is 3.03. The molecule has 0 bridgehead atoms. The van der Waals surface area contributed by atoms with Crippen molar-refractivity contribution < 1.29 is 14.7 Å². The fraction of sp³-hybridized carbons (Fsp3) is 0. The van der Waals surface area contributed by atoms with Gasteiger partial charge in [-0.2, -0.15) is 0 Å². The molecule has 0 fully saturated rings. The Balaban J connectivity index is 1.78. The first-order valence-corrected chi connectivity index (χ1v) is 7.93. The molecule has 0 aromatic heterocycles. The predicted octanol–water partition coefficient (Wildman–Crippen LogP) is 4.31. The molecule has 0 unspecified atom stereocenters. The topological polar surface area (TPSA) is 108 Å². The number of oxime groups is 1. The van der Waals surface area contributed by atoms with Gasteiger partial charge in [0.2, 0.25) is 5.75 Å². The van der Waals surface area contributed by atoms with Gasteiger partial charge >= 0.3 is 5.69 Å². The van der Waals surface area contributed by atoms with E-state index in [1.807, 2.05) is 48.5 Å². The number of hydrogen-bond acceptors (Lipinski definition) is 6.